The number of aryl methyl sites for hydroxylation is 1. The molecule has 0 amide bonds. The molecular formula is C17H24INO5S. The van der Waals surface area contributed by atoms with Crippen LogP contribution in [0.3, 0.4) is 0 Å². The van der Waals surface area contributed by atoms with Crippen LogP contribution in [0, 0.1) is 6.92 Å². The highest BCUT2D eigenvalue weighted by Crippen LogP contribution is 2.35. The summed E-state index contributed by atoms with van der Waals surface area (Å²) in [5.74, 6) is -0.0231. The Hall–Kier alpha value is -0.710. The summed E-state index contributed by atoms with van der Waals surface area (Å²) in [6.07, 6.45) is 7.74. The van der Waals surface area contributed by atoms with Crippen LogP contribution in [0.2, 0.25) is 0 Å². The third kappa shape index (κ3) is 5.63. The van der Waals surface area contributed by atoms with E-state index in [2.05, 4.69) is 26.4 Å². The van der Waals surface area contributed by atoms with E-state index in [9.17, 15) is 13.2 Å². The molecule has 0 aliphatic heterocycles. The number of halogens is 1. The van der Waals surface area contributed by atoms with Crippen molar-refractivity contribution in [2.75, 3.05) is 0 Å². The first-order valence-corrected chi connectivity index (χ1v) is 10.9. The van der Waals surface area contributed by atoms with Crippen LogP contribution in [0.1, 0.15) is 50.5 Å². The maximum absolute atomic E-state index is 11.8. The van der Waals surface area contributed by atoms with Crippen LogP contribution in [-0.2, 0) is 19.6 Å². The van der Waals surface area contributed by atoms with Gasteiger partial charge in [-0.1, -0.05) is 17.7 Å². The van der Waals surface area contributed by atoms with Gasteiger partial charge in [-0.25, -0.2) is 3.53 Å². The Balaban J connectivity index is 0.000000186. The number of ether oxygens (including phenoxy) is 1. The summed E-state index contributed by atoms with van der Waals surface area (Å²) < 4.78 is 38.1. The molecule has 0 spiro atoms. The van der Waals surface area contributed by atoms with Gasteiger partial charge in [-0.3, -0.25) is 9.35 Å². The Labute approximate surface area is 163 Å². The van der Waals surface area contributed by atoms with Gasteiger partial charge < -0.3 is 4.74 Å². The van der Waals surface area contributed by atoms with Crippen molar-refractivity contribution in [2.45, 2.75) is 68.4 Å². The van der Waals surface area contributed by atoms with Gasteiger partial charge in [0.1, 0.15) is 11.6 Å². The Bertz CT molecular complexity index is 674. The number of carbonyl (C=O) groups is 1. The minimum absolute atomic E-state index is 0.0231. The van der Waals surface area contributed by atoms with E-state index >= 15 is 0 Å². The molecule has 2 saturated carbocycles. The second-order valence-corrected chi connectivity index (χ2v) is 8.59. The largest absolute Gasteiger partial charge is 0.461 e. The predicted octanol–water partition coefficient (Wildman–Crippen LogP) is 3.58. The molecule has 140 valence electrons. The molecule has 0 heterocycles. The lowest BCUT2D eigenvalue weighted by Crippen LogP contribution is -2.54. The Morgan fingerprint density at radius 2 is 1.76 bits per heavy atom. The van der Waals surface area contributed by atoms with Crippen molar-refractivity contribution < 1.29 is 22.5 Å². The summed E-state index contributed by atoms with van der Waals surface area (Å²) in [6, 6.07) is 5.99. The number of rotatable bonds is 4. The van der Waals surface area contributed by atoms with E-state index in [1.807, 2.05) is 6.92 Å². The second kappa shape index (κ2) is 8.79. The van der Waals surface area contributed by atoms with Crippen molar-refractivity contribution in [3.63, 3.8) is 0 Å². The first-order chi connectivity index (χ1) is 11.8. The van der Waals surface area contributed by atoms with E-state index < -0.39 is 10.1 Å². The quantitative estimate of drug-likeness (QED) is 0.296. The maximum Gasteiger partial charge on any atom is 0.327 e. The average Bonchev–Trinajstić information content (AvgIpc) is 3.00. The van der Waals surface area contributed by atoms with Crippen molar-refractivity contribution >= 4 is 39.0 Å². The van der Waals surface area contributed by atoms with Gasteiger partial charge in [0.05, 0.1) is 4.90 Å². The molecule has 2 aliphatic rings. The summed E-state index contributed by atoms with van der Waals surface area (Å²) >= 11 is 2.07. The summed E-state index contributed by atoms with van der Waals surface area (Å²) in [5, 5.41) is 0. The molecule has 6 nitrogen and oxygen atoms in total. The molecule has 3 rings (SSSR count). The zero-order chi connectivity index (χ0) is 18.5. The van der Waals surface area contributed by atoms with Crippen molar-refractivity contribution in [1.82, 2.24) is 3.53 Å². The zero-order valence-electron chi connectivity index (χ0n) is 14.2. The fraction of sp³-hybridized carbons (Fsp3) is 0.588. The highest BCUT2D eigenvalue weighted by atomic mass is 127. The minimum Gasteiger partial charge on any atom is -0.461 e. The zero-order valence-corrected chi connectivity index (χ0v) is 17.2. The van der Waals surface area contributed by atoms with E-state index in [1.54, 1.807) is 12.1 Å². The maximum atomic E-state index is 11.8. The number of hydrogen-bond donors (Lipinski definition) is 2. The van der Waals surface area contributed by atoms with Gasteiger partial charge in [-0.05, 0) is 64.0 Å². The molecule has 2 N–H and O–H groups in total. The topological polar surface area (TPSA) is 92.7 Å². The van der Waals surface area contributed by atoms with E-state index in [-0.39, 0.29) is 22.5 Å². The average molecular weight is 481 g/mol. The smallest absolute Gasteiger partial charge is 0.327 e. The molecule has 0 atom stereocenters. The number of carbonyl (C=O) groups excluding carboxylic acids is 1. The molecule has 0 radical (unpaired) electrons. The van der Waals surface area contributed by atoms with E-state index in [1.165, 1.54) is 25.0 Å². The highest BCUT2D eigenvalue weighted by Gasteiger charge is 2.45. The van der Waals surface area contributed by atoms with Crippen LogP contribution in [0.15, 0.2) is 29.2 Å². The Morgan fingerprint density at radius 3 is 2.16 bits per heavy atom. The van der Waals surface area contributed by atoms with E-state index in [0.717, 1.165) is 37.7 Å². The van der Waals surface area contributed by atoms with Crippen LogP contribution in [0.4, 0.5) is 0 Å². The fourth-order valence-corrected chi connectivity index (χ4v) is 4.09. The molecule has 1 aromatic carbocycles. The lowest BCUT2D eigenvalue weighted by Gasteiger charge is -2.38. The monoisotopic (exact) mass is 481 g/mol. The SMILES string of the molecule is Cc1ccc(S(=O)(=O)O)cc1.O=C(OC1CCCC1)C1(NI)CCC1. The lowest BCUT2D eigenvalue weighted by atomic mass is 9.78. The molecular weight excluding hydrogens is 457 g/mol. The highest BCUT2D eigenvalue weighted by molar-refractivity contribution is 14.1. The van der Waals surface area contributed by atoms with Crippen LogP contribution >= 0.6 is 22.9 Å². The summed E-state index contributed by atoms with van der Waals surface area (Å²) in [4.78, 5) is 11.8. The molecule has 0 aromatic heterocycles. The minimum atomic E-state index is -4.02. The molecule has 0 bridgehead atoms. The molecule has 25 heavy (non-hydrogen) atoms. The van der Waals surface area contributed by atoms with Crippen molar-refractivity contribution in [1.29, 1.82) is 0 Å². The second-order valence-electron chi connectivity index (χ2n) is 6.63. The molecule has 8 heteroatoms. The first-order valence-electron chi connectivity index (χ1n) is 8.40. The summed E-state index contributed by atoms with van der Waals surface area (Å²) in [6.45, 7) is 1.84. The van der Waals surface area contributed by atoms with Gasteiger partial charge in [-0.2, -0.15) is 8.42 Å². The number of benzene rings is 1. The molecule has 2 aliphatic carbocycles. The van der Waals surface area contributed by atoms with Gasteiger partial charge >= 0.3 is 5.97 Å². The van der Waals surface area contributed by atoms with Crippen LogP contribution in [0.5, 0.6) is 0 Å². The Morgan fingerprint density at radius 1 is 1.20 bits per heavy atom. The first kappa shape index (κ1) is 20.6. The number of nitrogens with one attached hydrogen (secondary N) is 1. The predicted molar refractivity (Wildman–Crippen MR) is 103 cm³/mol. The van der Waals surface area contributed by atoms with E-state index in [0.29, 0.717) is 0 Å². The molecule has 0 saturated heterocycles. The van der Waals surface area contributed by atoms with Crippen LogP contribution in [-0.4, -0.2) is 30.6 Å². The normalized spacial score (nSPS) is 19.5. The standard InChI is InChI=1S/C10H16INO2.C7H8O3S/c11-12-10(6-3-7-10)9(13)14-8-4-1-2-5-8;1-6-2-4-7(5-3-6)11(8,9)10/h8,12H,1-7H2;2-5H,1H3,(H,8,9,10). The van der Waals surface area contributed by atoms with Crippen LogP contribution < -0.4 is 3.53 Å². The van der Waals surface area contributed by atoms with Crippen LogP contribution in [0.25, 0.3) is 0 Å². The van der Waals surface area contributed by atoms with Gasteiger partial charge in [0, 0.05) is 22.9 Å². The van der Waals surface area contributed by atoms with E-state index in [4.69, 9.17) is 9.29 Å². The lowest BCUT2D eigenvalue weighted by molar-refractivity contribution is -0.159. The summed E-state index contributed by atoms with van der Waals surface area (Å²) in [5.41, 5.74) is 0.612. The third-order valence-electron chi connectivity index (χ3n) is 4.67. The summed E-state index contributed by atoms with van der Waals surface area (Å²) in [7, 11) is -4.02. The van der Waals surface area contributed by atoms with Crippen molar-refractivity contribution in [3.05, 3.63) is 29.8 Å². The van der Waals surface area contributed by atoms with Gasteiger partial charge in [-0.15, -0.1) is 0 Å². The van der Waals surface area contributed by atoms with Gasteiger partial charge in [0.2, 0.25) is 0 Å². The van der Waals surface area contributed by atoms with Gasteiger partial charge in [0.15, 0.2) is 0 Å². The third-order valence-corrected chi connectivity index (χ3v) is 6.57. The number of esters is 1. The van der Waals surface area contributed by atoms with Gasteiger partial charge in [0.25, 0.3) is 10.1 Å². The van der Waals surface area contributed by atoms with Crippen molar-refractivity contribution in [2.24, 2.45) is 0 Å². The molecule has 0 unspecified atom stereocenters. The number of hydrogen-bond acceptors (Lipinski definition) is 5. The fourth-order valence-electron chi connectivity index (χ4n) is 2.85. The molecule has 1 aromatic rings. The Kier molecular flexibility index (Phi) is 7.24. The van der Waals surface area contributed by atoms with Crippen molar-refractivity contribution in [3.8, 4) is 0 Å². The molecule has 2 fully saturated rings.